The van der Waals surface area contributed by atoms with Crippen molar-refractivity contribution in [3.63, 3.8) is 0 Å². The van der Waals surface area contributed by atoms with Crippen molar-refractivity contribution in [3.8, 4) is 0 Å². The van der Waals surface area contributed by atoms with Crippen molar-refractivity contribution in [1.29, 1.82) is 0 Å². The van der Waals surface area contributed by atoms with Gasteiger partial charge in [-0.05, 0) is 135 Å². The van der Waals surface area contributed by atoms with Gasteiger partial charge < -0.3 is 30.2 Å². The van der Waals surface area contributed by atoms with Crippen LogP contribution in [0.4, 0.5) is 22.7 Å². The van der Waals surface area contributed by atoms with E-state index in [-0.39, 0.29) is 22.2 Å². The minimum absolute atomic E-state index is 0.175. The molecule has 352 valence electrons. The van der Waals surface area contributed by atoms with E-state index in [1.807, 2.05) is 68.4 Å². The molecule has 0 aliphatic carbocycles. The lowest BCUT2D eigenvalue weighted by atomic mass is 9.80. The van der Waals surface area contributed by atoms with Crippen LogP contribution in [0.3, 0.4) is 0 Å². The molecular weight excluding hydrogens is 928 g/mol. The summed E-state index contributed by atoms with van der Waals surface area (Å²) in [6.45, 7) is 10.1. The summed E-state index contributed by atoms with van der Waals surface area (Å²) in [6.07, 6.45) is 0. The van der Waals surface area contributed by atoms with E-state index in [0.717, 1.165) is 44.3 Å². The highest BCUT2D eigenvalue weighted by atomic mass is 32.2. The molecule has 5 N–H and O–H groups in total. The number of fused-ring (bicyclic) bond motifs is 4. The first-order valence-corrected chi connectivity index (χ1v) is 25.2. The summed E-state index contributed by atoms with van der Waals surface area (Å²) in [4.78, 5) is 30.5. The smallest absolute Gasteiger partial charge is 0.462 e. The number of benzene rings is 7. The molecule has 7 aromatic carbocycles. The second-order valence-electron chi connectivity index (χ2n) is 15.8. The Morgan fingerprint density at radius 2 is 1.14 bits per heavy atom. The number of carbonyl (C=O) groups excluding carboxylic acids is 2. The summed E-state index contributed by atoms with van der Waals surface area (Å²) in [5.41, 5.74) is 10.3. The molecule has 1 atom stereocenters. The Labute approximate surface area is 411 Å². The van der Waals surface area contributed by atoms with Crippen molar-refractivity contribution in [1.82, 2.24) is 4.83 Å². The van der Waals surface area contributed by atoms with Gasteiger partial charge in [0.2, 0.25) is 0 Å². The van der Waals surface area contributed by atoms with Gasteiger partial charge in [0.1, 0.15) is 0 Å². The number of ether oxygens (including phenoxy) is 2. The number of hydrogen-bond acceptors (Lipinski definition) is 13. The second kappa shape index (κ2) is 23.0. The maximum absolute atomic E-state index is 12.4. The predicted molar refractivity (Wildman–Crippen MR) is 276 cm³/mol. The van der Waals surface area contributed by atoms with Crippen LogP contribution < -0.4 is 20.9 Å². The van der Waals surface area contributed by atoms with Gasteiger partial charge in [0, 0.05) is 25.5 Å². The maximum Gasteiger partial charge on any atom is 0.488 e. The van der Waals surface area contributed by atoms with Gasteiger partial charge in [-0.3, -0.25) is 0 Å². The van der Waals surface area contributed by atoms with Gasteiger partial charge in [-0.15, -0.1) is 0 Å². The average Bonchev–Trinajstić information content (AvgIpc) is 3.37. The monoisotopic (exact) mass is 978 g/mol. The third-order valence-corrected chi connectivity index (χ3v) is 14.4. The fourth-order valence-corrected chi connectivity index (χ4v) is 9.93. The molecule has 7 aromatic rings. The molecule has 0 fully saturated rings. The first-order valence-electron chi connectivity index (χ1n) is 22.1. The normalized spacial score (nSPS) is 12.5. The highest BCUT2D eigenvalue weighted by Crippen LogP contribution is 2.46. The number of anilines is 4. The van der Waals surface area contributed by atoms with Crippen molar-refractivity contribution in [2.75, 3.05) is 23.8 Å². The van der Waals surface area contributed by atoms with Gasteiger partial charge >= 0.3 is 19.1 Å². The van der Waals surface area contributed by atoms with Gasteiger partial charge in [0.05, 0.1) is 57.7 Å². The Hall–Kier alpha value is -6.82. The minimum Gasteiger partial charge on any atom is -0.462 e. The van der Waals surface area contributed by atoms with Crippen molar-refractivity contribution in [2.45, 2.75) is 65.0 Å². The number of carbonyl (C=O) groups is 2. The summed E-state index contributed by atoms with van der Waals surface area (Å²) in [6, 6.07) is 49.4. The lowest BCUT2D eigenvalue weighted by Gasteiger charge is -2.23. The lowest BCUT2D eigenvalue weighted by molar-refractivity contribution is 0.0516. The molecule has 0 saturated carbocycles. The number of rotatable bonds is 11. The van der Waals surface area contributed by atoms with Crippen molar-refractivity contribution >= 4 is 86.5 Å². The van der Waals surface area contributed by atoms with Crippen molar-refractivity contribution in [3.05, 3.63) is 191 Å². The molecular formula is C53H51BN4O8S3. The number of sulfonamides is 1. The molecule has 2 heterocycles. The summed E-state index contributed by atoms with van der Waals surface area (Å²) in [7, 11) is -5.26. The SMILES string of the molecule is C/C(=N\NS(=O)(=O)c1ccc(C)cc1)c1ccc2c(c1)Nc1ccccc1S2.CCOC(=O)c1cccc(B(O)O)c1.CCOC(=O)c1cccc(C(C)c2ccc3c(c2)Nc2ccccc2S3)c1. The molecule has 0 aromatic heterocycles. The van der Waals surface area contributed by atoms with E-state index in [4.69, 9.17) is 19.5 Å². The molecule has 0 bridgehead atoms. The van der Waals surface area contributed by atoms with Crippen LogP contribution >= 0.6 is 23.5 Å². The third kappa shape index (κ3) is 12.8. The van der Waals surface area contributed by atoms with Crippen LogP contribution in [0.15, 0.2) is 187 Å². The summed E-state index contributed by atoms with van der Waals surface area (Å²) >= 11 is 3.49. The molecule has 2 aliphatic rings. The highest BCUT2D eigenvalue weighted by molar-refractivity contribution is 8.00. The largest absolute Gasteiger partial charge is 0.488 e. The minimum atomic E-state index is -3.69. The van der Waals surface area contributed by atoms with E-state index in [2.05, 4.69) is 76.0 Å². The predicted octanol–water partition coefficient (Wildman–Crippen LogP) is 10.7. The van der Waals surface area contributed by atoms with Gasteiger partial charge in [-0.1, -0.05) is 109 Å². The van der Waals surface area contributed by atoms with Gasteiger partial charge in [0.15, 0.2) is 0 Å². The van der Waals surface area contributed by atoms with E-state index in [1.54, 1.807) is 79.8 Å². The molecule has 69 heavy (non-hydrogen) atoms. The van der Waals surface area contributed by atoms with E-state index in [0.29, 0.717) is 30.1 Å². The zero-order chi connectivity index (χ0) is 49.1. The Morgan fingerprint density at radius 3 is 1.74 bits per heavy atom. The topological polar surface area (TPSA) is 176 Å². The molecule has 0 spiro atoms. The van der Waals surface area contributed by atoms with Crippen LogP contribution in [0.5, 0.6) is 0 Å². The standard InChI is InChI=1S/C23H21NO2S.C21H19N3O2S2.C9H11BO4/c1-3-26-23(25)18-8-6-7-16(13-18)15(2)17-11-12-22-20(14-17)24-19-9-4-5-10-21(19)27-22;1-14-7-10-17(11-8-14)28(25,26)24-23-15(2)16-9-12-21-19(13-16)22-18-5-3-4-6-20(18)27-21;1-2-14-9(11)7-4-3-5-8(6-7)10(12)13/h4-15,24H,3H2,1-2H3;3-13,22,24H,1-2H3;3-6,12-13H,2H2,1H3/b;23-15+;. The van der Waals surface area contributed by atoms with Crippen LogP contribution in [0, 0.1) is 6.92 Å². The molecule has 12 nitrogen and oxygen atoms in total. The molecule has 1 unspecified atom stereocenters. The van der Waals surface area contributed by atoms with Gasteiger partial charge in [-0.25, -0.2) is 9.59 Å². The van der Waals surface area contributed by atoms with Crippen molar-refractivity contribution < 1.29 is 37.5 Å². The fourth-order valence-electron chi connectivity index (χ4n) is 7.14. The maximum atomic E-state index is 12.4. The first kappa shape index (κ1) is 50.1. The van der Waals surface area contributed by atoms with Crippen LogP contribution in [0.2, 0.25) is 0 Å². The van der Waals surface area contributed by atoms with Gasteiger partial charge in [-0.2, -0.15) is 18.4 Å². The third-order valence-electron chi connectivity index (χ3n) is 10.9. The number of hydrazone groups is 1. The van der Waals surface area contributed by atoms with E-state index in [9.17, 15) is 18.0 Å². The summed E-state index contributed by atoms with van der Waals surface area (Å²) in [5.74, 6) is -0.560. The number of para-hydroxylation sites is 2. The Bertz CT molecular complexity index is 3110. The Morgan fingerprint density at radius 1 is 0.623 bits per heavy atom. The summed E-state index contributed by atoms with van der Waals surface area (Å²) in [5, 5.41) is 28.8. The van der Waals surface area contributed by atoms with Crippen molar-refractivity contribution in [2.24, 2.45) is 5.10 Å². The number of aryl methyl sites for hydroxylation is 1. The number of esters is 2. The van der Waals surface area contributed by atoms with Crippen LogP contribution in [-0.4, -0.2) is 56.4 Å². The van der Waals surface area contributed by atoms with E-state index in [1.165, 1.54) is 32.4 Å². The second-order valence-corrected chi connectivity index (χ2v) is 19.6. The van der Waals surface area contributed by atoms with Crippen LogP contribution in [0.1, 0.15) is 76.6 Å². The molecule has 16 heteroatoms. The summed E-state index contributed by atoms with van der Waals surface area (Å²) < 4.78 is 34.7. The zero-order valence-corrected chi connectivity index (χ0v) is 41.0. The highest BCUT2D eigenvalue weighted by Gasteiger charge is 2.20. The Balaban J connectivity index is 0.000000162. The fraction of sp³-hybridized carbons (Fsp3) is 0.151. The van der Waals surface area contributed by atoms with Crippen LogP contribution in [-0.2, 0) is 19.5 Å². The number of nitrogens with one attached hydrogen (secondary N) is 3. The molecule has 0 radical (unpaired) electrons. The van der Waals surface area contributed by atoms with Gasteiger partial charge in [0.25, 0.3) is 10.0 Å². The molecule has 0 amide bonds. The Kier molecular flexibility index (Phi) is 16.7. The number of hydrogen-bond donors (Lipinski definition) is 5. The quantitative estimate of drug-likeness (QED) is 0.0359. The number of nitrogens with zero attached hydrogens (tertiary/aromatic N) is 1. The van der Waals surface area contributed by atoms with Crippen LogP contribution in [0.25, 0.3) is 0 Å². The lowest BCUT2D eigenvalue weighted by Crippen LogP contribution is -2.30. The molecule has 0 saturated heterocycles. The van der Waals surface area contributed by atoms with E-state index < -0.39 is 23.1 Å². The van der Waals surface area contributed by atoms with E-state index >= 15 is 0 Å². The average molecular weight is 979 g/mol. The molecule has 2 aliphatic heterocycles. The first-order chi connectivity index (χ1) is 33.2. The molecule has 9 rings (SSSR count). The zero-order valence-electron chi connectivity index (χ0n) is 38.6.